The Balaban J connectivity index is 0.000000470. The zero-order chi connectivity index (χ0) is 35.6. The molecule has 4 N–H and O–H groups in total. The van der Waals surface area contributed by atoms with E-state index >= 15 is 0 Å². The van der Waals surface area contributed by atoms with Gasteiger partial charge in [-0.15, -0.1) is 0 Å². The number of rotatable bonds is 12. The predicted octanol–water partition coefficient (Wildman–Crippen LogP) is 11.0. The molecule has 0 aliphatic heterocycles. The van der Waals surface area contributed by atoms with Crippen molar-refractivity contribution in [2.75, 3.05) is 5.75 Å². The monoisotopic (exact) mass is 712 g/mol. The van der Waals surface area contributed by atoms with Crippen molar-refractivity contribution in [1.82, 2.24) is 4.98 Å². The Kier molecular flexibility index (Phi) is 13.6. The summed E-state index contributed by atoms with van der Waals surface area (Å²) in [6.45, 7) is 3.66. The van der Waals surface area contributed by atoms with Gasteiger partial charge in [-0.25, -0.2) is 4.98 Å². The van der Waals surface area contributed by atoms with Gasteiger partial charge in [0.15, 0.2) is 0 Å². The Labute approximate surface area is 307 Å². The van der Waals surface area contributed by atoms with Gasteiger partial charge in [0, 0.05) is 27.5 Å². The third-order valence-electron chi connectivity index (χ3n) is 9.98. The molecule has 0 radical (unpaired) electrons. The van der Waals surface area contributed by atoms with Gasteiger partial charge in [0.1, 0.15) is 0 Å². The summed E-state index contributed by atoms with van der Waals surface area (Å²) in [5.74, 6) is 0.122. The van der Waals surface area contributed by atoms with Crippen molar-refractivity contribution in [3.8, 4) is 0 Å². The third kappa shape index (κ3) is 11.7. The number of halogens is 1. The molecule has 0 spiro atoms. The smallest absolute Gasteiger partial charge is 0.303 e. The first kappa shape index (κ1) is 38.1. The number of hydrogen-bond donors (Lipinski definition) is 3. The van der Waals surface area contributed by atoms with Crippen molar-refractivity contribution in [3.05, 3.63) is 112 Å². The van der Waals surface area contributed by atoms with Gasteiger partial charge in [-0.1, -0.05) is 110 Å². The highest BCUT2D eigenvalue weighted by atomic mass is 35.5. The highest BCUT2D eigenvalue weighted by molar-refractivity contribution is 7.99. The maximum absolute atomic E-state index is 11.5. The molecule has 5 nitrogen and oxygen atoms in total. The van der Waals surface area contributed by atoms with Crippen molar-refractivity contribution < 1.29 is 15.0 Å². The number of benzene rings is 3. The number of thioether (sulfide) groups is 1. The molecular formula is C43H53ClN2O3S. The van der Waals surface area contributed by atoms with Gasteiger partial charge in [0.25, 0.3) is 0 Å². The normalized spacial score (nSPS) is 17.1. The molecule has 3 aromatic carbocycles. The first-order valence-corrected chi connectivity index (χ1v) is 19.7. The van der Waals surface area contributed by atoms with Crippen molar-refractivity contribution in [3.63, 3.8) is 0 Å². The summed E-state index contributed by atoms with van der Waals surface area (Å²) in [4.78, 5) is 16.2. The molecule has 6 rings (SSSR count). The number of aromatic nitrogens is 1. The van der Waals surface area contributed by atoms with E-state index in [2.05, 4.69) is 42.5 Å². The van der Waals surface area contributed by atoms with Crippen LogP contribution >= 0.6 is 23.4 Å². The average Bonchev–Trinajstić information content (AvgIpc) is 3.84. The Morgan fingerprint density at radius 3 is 2.42 bits per heavy atom. The number of aliphatic hydroxyl groups is 1. The fourth-order valence-corrected chi connectivity index (χ4v) is 8.58. The van der Waals surface area contributed by atoms with Crippen molar-refractivity contribution in [2.45, 2.75) is 108 Å². The summed E-state index contributed by atoms with van der Waals surface area (Å²) in [5, 5.41) is 22.1. The fourth-order valence-electron chi connectivity index (χ4n) is 6.85. The summed E-state index contributed by atoms with van der Waals surface area (Å²) in [6.07, 6.45) is 17.5. The van der Waals surface area contributed by atoms with Gasteiger partial charge < -0.3 is 15.9 Å². The minimum Gasteiger partial charge on any atom is -0.481 e. The van der Waals surface area contributed by atoms with E-state index in [1.54, 1.807) is 0 Å². The Morgan fingerprint density at radius 2 is 1.70 bits per heavy atom. The number of carboxylic acid groups (broad SMARTS) is 1. The number of carboxylic acids is 1. The zero-order valence-electron chi connectivity index (χ0n) is 29.6. The molecule has 2 aliphatic rings. The maximum atomic E-state index is 11.5. The van der Waals surface area contributed by atoms with Gasteiger partial charge in [0.2, 0.25) is 0 Å². The molecule has 4 aromatic rings. The van der Waals surface area contributed by atoms with E-state index in [9.17, 15) is 15.0 Å². The summed E-state index contributed by atoms with van der Waals surface area (Å²) in [6, 6.07) is 27.0. The number of nitrogens with two attached hydrogens (primary N) is 1. The standard InChI is InChI=1S/C35H36ClNO3S.C8H17N/c1-34(2,40)30-9-4-3-7-25(30)13-17-32(41-23-35(18-19-35)22-33(38)39)27-8-5-6-24(20-27)10-15-29-16-12-26-11-14-28(36)21-31(26)37-29;9-8-6-4-2-1-3-5-7-8/h3-12,14-16,20-21,32,40H,13,17-19,22-23H2,1-2H3,(H,38,39);8H,1-7,9H2/b15-10+;/t32-;/m1./s1. The molecule has 50 heavy (non-hydrogen) atoms. The van der Waals surface area contributed by atoms with Crippen LogP contribution in [0.4, 0.5) is 0 Å². The number of nitrogens with zero attached hydrogens (tertiary/aromatic N) is 1. The van der Waals surface area contributed by atoms with Crippen molar-refractivity contribution in [1.29, 1.82) is 0 Å². The summed E-state index contributed by atoms with van der Waals surface area (Å²) in [5.41, 5.74) is 11.0. The highest BCUT2D eigenvalue weighted by Crippen LogP contribution is 2.53. The number of aliphatic carboxylic acids is 1. The van der Waals surface area contributed by atoms with Gasteiger partial charge in [-0.3, -0.25) is 4.79 Å². The second kappa shape index (κ2) is 17.9. The van der Waals surface area contributed by atoms with E-state index in [-0.39, 0.29) is 17.1 Å². The van der Waals surface area contributed by atoms with Crippen LogP contribution in [0.25, 0.3) is 23.1 Å². The van der Waals surface area contributed by atoms with E-state index in [4.69, 9.17) is 22.3 Å². The molecule has 2 fully saturated rings. The molecule has 0 unspecified atom stereocenters. The summed E-state index contributed by atoms with van der Waals surface area (Å²) in [7, 11) is 0. The van der Waals surface area contributed by atoms with Crippen LogP contribution in [0.3, 0.4) is 0 Å². The fraction of sp³-hybridized carbons (Fsp3) is 0.442. The lowest BCUT2D eigenvalue weighted by Crippen LogP contribution is -2.20. The molecule has 7 heteroatoms. The van der Waals surface area contributed by atoms with E-state index in [0.29, 0.717) is 11.1 Å². The largest absolute Gasteiger partial charge is 0.481 e. The van der Waals surface area contributed by atoms with Crippen LogP contribution in [0.5, 0.6) is 0 Å². The SMILES string of the molecule is CC(C)(O)c1ccccc1CC[C@@H](SCC1(CC(=O)O)CC1)c1cccc(/C=C/c2ccc3ccc(Cl)cc3n2)c1.NC1CCCCCCC1. The van der Waals surface area contributed by atoms with Gasteiger partial charge >= 0.3 is 5.97 Å². The highest BCUT2D eigenvalue weighted by Gasteiger charge is 2.44. The van der Waals surface area contributed by atoms with E-state index in [1.807, 2.05) is 74.1 Å². The lowest BCUT2D eigenvalue weighted by atomic mass is 9.90. The maximum Gasteiger partial charge on any atom is 0.303 e. The van der Waals surface area contributed by atoms with E-state index in [0.717, 1.165) is 64.7 Å². The Morgan fingerprint density at radius 1 is 0.980 bits per heavy atom. The number of hydrogen-bond acceptors (Lipinski definition) is 5. The molecule has 1 aromatic heterocycles. The first-order valence-electron chi connectivity index (χ1n) is 18.2. The number of pyridine rings is 1. The minimum absolute atomic E-state index is 0.0814. The van der Waals surface area contributed by atoms with Crippen molar-refractivity contribution in [2.24, 2.45) is 11.1 Å². The predicted molar refractivity (Wildman–Crippen MR) is 212 cm³/mol. The van der Waals surface area contributed by atoms with Gasteiger partial charge in [-0.2, -0.15) is 11.8 Å². The van der Waals surface area contributed by atoms with Crippen LogP contribution in [0.2, 0.25) is 5.02 Å². The number of carbonyl (C=O) groups is 1. The quantitative estimate of drug-likeness (QED) is 0.135. The van der Waals surface area contributed by atoms with E-state index in [1.165, 1.54) is 50.5 Å². The van der Waals surface area contributed by atoms with Crippen LogP contribution in [0.15, 0.2) is 78.9 Å². The molecule has 0 saturated heterocycles. The first-order chi connectivity index (χ1) is 24.0. The Hall–Kier alpha value is -3.16. The van der Waals surface area contributed by atoms with Gasteiger partial charge in [0.05, 0.1) is 23.2 Å². The molecule has 1 heterocycles. The van der Waals surface area contributed by atoms with Crippen LogP contribution in [-0.4, -0.2) is 33.0 Å². The topological polar surface area (TPSA) is 96.4 Å². The van der Waals surface area contributed by atoms with E-state index < -0.39 is 11.6 Å². The van der Waals surface area contributed by atoms with Crippen LogP contribution in [-0.2, 0) is 16.8 Å². The molecular weight excluding hydrogens is 660 g/mol. The van der Waals surface area contributed by atoms with Crippen LogP contribution in [0.1, 0.15) is 118 Å². The molecule has 266 valence electrons. The minimum atomic E-state index is -0.911. The van der Waals surface area contributed by atoms with Gasteiger partial charge in [-0.05, 0) is 104 Å². The summed E-state index contributed by atoms with van der Waals surface area (Å²) >= 11 is 8.04. The van der Waals surface area contributed by atoms with Crippen LogP contribution < -0.4 is 5.73 Å². The number of fused-ring (bicyclic) bond motifs is 1. The average molecular weight is 713 g/mol. The molecule has 0 bridgehead atoms. The lowest BCUT2D eigenvalue weighted by Gasteiger charge is -2.24. The third-order valence-corrected chi connectivity index (χ3v) is 11.9. The molecule has 0 amide bonds. The molecule has 2 aliphatic carbocycles. The van der Waals surface area contributed by atoms with Crippen molar-refractivity contribution >= 4 is 52.4 Å². The number of aryl methyl sites for hydroxylation is 1. The second-order valence-electron chi connectivity index (χ2n) is 14.8. The second-order valence-corrected chi connectivity index (χ2v) is 16.4. The lowest BCUT2D eigenvalue weighted by molar-refractivity contribution is -0.138. The summed E-state index contributed by atoms with van der Waals surface area (Å²) < 4.78 is 0. The molecule has 1 atom stereocenters. The Bertz CT molecular complexity index is 1740. The zero-order valence-corrected chi connectivity index (χ0v) is 31.2. The molecule has 2 saturated carbocycles. The van der Waals surface area contributed by atoms with Crippen LogP contribution in [0, 0.1) is 5.41 Å².